The highest BCUT2D eigenvalue weighted by atomic mass is 32.2. The molecule has 0 spiro atoms. The molecule has 0 saturated carbocycles. The first kappa shape index (κ1) is 17.0. The summed E-state index contributed by atoms with van der Waals surface area (Å²) in [6.45, 7) is 4.68. The number of ketones is 1. The number of Topliss-reactive ketones (excluding diaryl/α,β-unsaturated/α-hetero) is 1. The first-order chi connectivity index (χ1) is 11.8. The molecule has 0 aromatic carbocycles. The van der Waals surface area contributed by atoms with Crippen LogP contribution in [0.3, 0.4) is 0 Å². The Balaban J connectivity index is 1.60. The molecule has 5 nitrogen and oxygen atoms in total. The lowest BCUT2D eigenvalue weighted by atomic mass is 9.92. The monoisotopic (exact) mass is 342 g/mol. The molecule has 1 fully saturated rings. The maximum atomic E-state index is 12.6. The third kappa shape index (κ3) is 4.39. The number of piperidine rings is 1. The van der Waals surface area contributed by atoms with E-state index in [4.69, 9.17) is 0 Å². The minimum absolute atomic E-state index is 0.0319. The van der Waals surface area contributed by atoms with E-state index in [-0.39, 0.29) is 11.7 Å². The molecule has 0 aliphatic carbocycles. The van der Waals surface area contributed by atoms with Gasteiger partial charge in [-0.25, -0.2) is 9.97 Å². The minimum Gasteiger partial charge on any atom is -0.298 e. The lowest BCUT2D eigenvalue weighted by Gasteiger charge is -2.31. The molecule has 6 heteroatoms. The minimum atomic E-state index is 0.0319. The number of pyridine rings is 1. The molecule has 1 atom stereocenters. The van der Waals surface area contributed by atoms with Crippen molar-refractivity contribution in [2.24, 2.45) is 5.92 Å². The number of hydrogen-bond donors (Lipinski definition) is 0. The van der Waals surface area contributed by atoms with Crippen LogP contribution in [-0.2, 0) is 6.54 Å². The van der Waals surface area contributed by atoms with Gasteiger partial charge in [0.1, 0.15) is 5.69 Å². The van der Waals surface area contributed by atoms with Crippen LogP contribution in [0.4, 0.5) is 0 Å². The molecule has 24 heavy (non-hydrogen) atoms. The zero-order valence-electron chi connectivity index (χ0n) is 13.9. The molecular weight excluding hydrogens is 320 g/mol. The zero-order valence-corrected chi connectivity index (χ0v) is 14.7. The van der Waals surface area contributed by atoms with E-state index in [9.17, 15) is 4.79 Å². The summed E-state index contributed by atoms with van der Waals surface area (Å²) in [6.07, 6.45) is 7.45. The fourth-order valence-corrected chi connectivity index (χ4v) is 3.53. The third-order valence-electron chi connectivity index (χ3n) is 4.15. The quantitative estimate of drug-likeness (QED) is 0.457. The van der Waals surface area contributed by atoms with Crippen molar-refractivity contribution in [3.63, 3.8) is 0 Å². The van der Waals surface area contributed by atoms with Crippen molar-refractivity contribution in [2.75, 3.05) is 18.8 Å². The standard InChI is InChI=1S/C18H22N4OS/c1-2-24-18-20-10-14(11-21-18)12-22-9-5-6-15(13-22)17(23)16-7-3-4-8-19-16/h3-4,7-8,10-11,15H,2,5-6,9,12-13H2,1H3. The molecule has 1 unspecified atom stereocenters. The number of nitrogens with zero attached hydrogens (tertiary/aromatic N) is 4. The lowest BCUT2D eigenvalue weighted by molar-refractivity contribution is 0.0806. The highest BCUT2D eigenvalue weighted by Gasteiger charge is 2.27. The van der Waals surface area contributed by atoms with Crippen LogP contribution in [0.2, 0.25) is 0 Å². The number of carbonyl (C=O) groups excluding carboxylic acids is 1. The molecule has 0 radical (unpaired) electrons. The summed E-state index contributed by atoms with van der Waals surface area (Å²) < 4.78 is 0. The van der Waals surface area contributed by atoms with Crippen LogP contribution in [0, 0.1) is 5.92 Å². The van der Waals surface area contributed by atoms with Crippen LogP contribution in [-0.4, -0.2) is 44.5 Å². The van der Waals surface area contributed by atoms with E-state index in [1.54, 1.807) is 24.0 Å². The molecule has 2 aromatic heterocycles. The van der Waals surface area contributed by atoms with Crippen LogP contribution in [0.15, 0.2) is 41.9 Å². The molecule has 0 amide bonds. The third-order valence-corrected chi connectivity index (χ3v) is 4.91. The van der Waals surface area contributed by atoms with E-state index in [1.807, 2.05) is 24.5 Å². The van der Waals surface area contributed by atoms with Crippen molar-refractivity contribution in [1.82, 2.24) is 19.9 Å². The maximum Gasteiger partial charge on any atom is 0.187 e. The molecule has 3 rings (SSSR count). The van der Waals surface area contributed by atoms with Crippen LogP contribution in [0.1, 0.15) is 35.8 Å². The van der Waals surface area contributed by atoms with E-state index in [2.05, 4.69) is 26.8 Å². The summed E-state index contributed by atoms with van der Waals surface area (Å²) in [5.41, 5.74) is 1.68. The summed E-state index contributed by atoms with van der Waals surface area (Å²) in [6, 6.07) is 5.51. The summed E-state index contributed by atoms with van der Waals surface area (Å²) in [7, 11) is 0. The van der Waals surface area contributed by atoms with Crippen LogP contribution < -0.4 is 0 Å². The second-order valence-electron chi connectivity index (χ2n) is 5.96. The SMILES string of the molecule is CCSc1ncc(CN2CCCC(C(=O)c3ccccn3)C2)cn1. The summed E-state index contributed by atoms with van der Waals surface area (Å²) in [4.78, 5) is 27.9. The van der Waals surface area contributed by atoms with Gasteiger partial charge in [-0.2, -0.15) is 0 Å². The van der Waals surface area contributed by atoms with Gasteiger partial charge in [0.05, 0.1) is 0 Å². The Bertz CT molecular complexity index is 662. The van der Waals surface area contributed by atoms with Gasteiger partial charge < -0.3 is 0 Å². The number of hydrogen-bond acceptors (Lipinski definition) is 6. The average Bonchev–Trinajstić information content (AvgIpc) is 2.64. The van der Waals surface area contributed by atoms with Crippen LogP contribution in [0.25, 0.3) is 0 Å². The van der Waals surface area contributed by atoms with Gasteiger partial charge in [-0.05, 0) is 37.3 Å². The molecule has 126 valence electrons. The Morgan fingerprint density at radius 1 is 1.29 bits per heavy atom. The predicted octanol–water partition coefficient (Wildman–Crippen LogP) is 3.08. The smallest absolute Gasteiger partial charge is 0.187 e. The summed E-state index contributed by atoms with van der Waals surface area (Å²) in [5.74, 6) is 1.17. The first-order valence-electron chi connectivity index (χ1n) is 8.37. The van der Waals surface area contributed by atoms with Crippen molar-refractivity contribution in [3.8, 4) is 0 Å². The van der Waals surface area contributed by atoms with E-state index in [0.717, 1.165) is 48.9 Å². The van der Waals surface area contributed by atoms with Gasteiger partial charge in [0.2, 0.25) is 0 Å². The Hall–Kier alpha value is -1.79. The molecule has 1 aliphatic heterocycles. The van der Waals surface area contributed by atoms with Gasteiger partial charge in [0, 0.05) is 43.2 Å². The number of rotatable bonds is 6. The zero-order chi connectivity index (χ0) is 16.8. The molecule has 3 heterocycles. The van der Waals surface area contributed by atoms with Gasteiger partial charge in [-0.1, -0.05) is 24.8 Å². The molecule has 0 N–H and O–H groups in total. The van der Waals surface area contributed by atoms with Crippen LogP contribution in [0.5, 0.6) is 0 Å². The number of aromatic nitrogens is 3. The summed E-state index contributed by atoms with van der Waals surface area (Å²) in [5, 5.41) is 0.822. The van der Waals surface area contributed by atoms with Crippen molar-refractivity contribution in [3.05, 3.63) is 48.0 Å². The Kier molecular flexibility index (Phi) is 5.93. The predicted molar refractivity (Wildman–Crippen MR) is 95.0 cm³/mol. The Morgan fingerprint density at radius 2 is 2.12 bits per heavy atom. The van der Waals surface area contributed by atoms with E-state index >= 15 is 0 Å². The first-order valence-corrected chi connectivity index (χ1v) is 9.36. The van der Waals surface area contributed by atoms with Crippen molar-refractivity contribution in [1.29, 1.82) is 0 Å². The normalized spacial score (nSPS) is 18.5. The Morgan fingerprint density at radius 3 is 2.83 bits per heavy atom. The maximum absolute atomic E-state index is 12.6. The van der Waals surface area contributed by atoms with Gasteiger partial charge in [0.15, 0.2) is 10.9 Å². The second-order valence-corrected chi connectivity index (χ2v) is 7.19. The molecule has 0 bridgehead atoms. The van der Waals surface area contributed by atoms with Crippen molar-refractivity contribution >= 4 is 17.5 Å². The van der Waals surface area contributed by atoms with E-state index in [1.165, 1.54) is 0 Å². The van der Waals surface area contributed by atoms with Crippen LogP contribution >= 0.6 is 11.8 Å². The largest absolute Gasteiger partial charge is 0.298 e. The highest BCUT2D eigenvalue weighted by molar-refractivity contribution is 7.99. The van der Waals surface area contributed by atoms with Gasteiger partial charge in [0.25, 0.3) is 0 Å². The van der Waals surface area contributed by atoms with Gasteiger partial charge in [-0.3, -0.25) is 14.7 Å². The molecule has 2 aromatic rings. The Labute approximate surface area is 146 Å². The molecule has 1 aliphatic rings. The second kappa shape index (κ2) is 8.35. The lowest BCUT2D eigenvalue weighted by Crippen LogP contribution is -2.38. The van der Waals surface area contributed by atoms with E-state index in [0.29, 0.717) is 5.69 Å². The van der Waals surface area contributed by atoms with Gasteiger partial charge >= 0.3 is 0 Å². The topological polar surface area (TPSA) is 59.0 Å². The summed E-state index contributed by atoms with van der Waals surface area (Å²) >= 11 is 1.64. The number of thioether (sulfide) groups is 1. The molecule has 1 saturated heterocycles. The van der Waals surface area contributed by atoms with Gasteiger partial charge in [-0.15, -0.1) is 0 Å². The average molecular weight is 342 g/mol. The highest BCUT2D eigenvalue weighted by Crippen LogP contribution is 2.22. The fraction of sp³-hybridized carbons (Fsp3) is 0.444. The fourth-order valence-electron chi connectivity index (χ4n) is 3.02. The van der Waals surface area contributed by atoms with Crippen molar-refractivity contribution in [2.45, 2.75) is 31.5 Å². The molecular formula is C18H22N4OS. The van der Waals surface area contributed by atoms with Crippen molar-refractivity contribution < 1.29 is 4.79 Å². The van der Waals surface area contributed by atoms with E-state index < -0.39 is 0 Å². The number of carbonyl (C=O) groups is 1. The number of likely N-dealkylation sites (tertiary alicyclic amines) is 1.